The van der Waals surface area contributed by atoms with Crippen molar-refractivity contribution in [3.05, 3.63) is 54.9 Å². The van der Waals surface area contributed by atoms with Crippen LogP contribution in [0.15, 0.2) is 49.1 Å². The molecule has 31 heavy (non-hydrogen) atoms. The number of piperidine rings is 1. The van der Waals surface area contributed by atoms with Gasteiger partial charge in [-0.3, -0.25) is 14.9 Å². The van der Waals surface area contributed by atoms with Crippen LogP contribution in [0.2, 0.25) is 0 Å². The van der Waals surface area contributed by atoms with Crippen molar-refractivity contribution in [1.29, 1.82) is 0 Å². The van der Waals surface area contributed by atoms with Crippen LogP contribution in [0.4, 0.5) is 10.2 Å². The van der Waals surface area contributed by atoms with Crippen LogP contribution >= 0.6 is 0 Å². The van der Waals surface area contributed by atoms with Crippen molar-refractivity contribution in [3.8, 4) is 22.6 Å². The normalized spacial score (nSPS) is 18.3. The van der Waals surface area contributed by atoms with Crippen LogP contribution in [0, 0.1) is 5.82 Å². The molecule has 0 unspecified atom stereocenters. The van der Waals surface area contributed by atoms with Gasteiger partial charge < -0.3 is 9.64 Å². The fourth-order valence-electron chi connectivity index (χ4n) is 4.33. The first-order valence-electron chi connectivity index (χ1n) is 10.7. The van der Waals surface area contributed by atoms with Gasteiger partial charge >= 0.3 is 0 Å². The van der Waals surface area contributed by atoms with Crippen LogP contribution in [0.25, 0.3) is 22.6 Å². The van der Waals surface area contributed by atoms with E-state index in [1.807, 2.05) is 18.2 Å². The van der Waals surface area contributed by atoms with E-state index in [1.54, 1.807) is 18.6 Å². The molecule has 5 heterocycles. The molecule has 3 aromatic heterocycles. The molecule has 0 saturated carbocycles. The van der Waals surface area contributed by atoms with Crippen molar-refractivity contribution in [2.75, 3.05) is 44.3 Å². The number of anilines is 1. The summed E-state index contributed by atoms with van der Waals surface area (Å²) in [6, 6.07) is 7.76. The number of hydrogen-bond donors (Lipinski definition) is 0. The molecule has 160 valence electrons. The molecule has 2 saturated heterocycles. The summed E-state index contributed by atoms with van der Waals surface area (Å²) in [5.41, 5.74) is 2.19. The highest BCUT2D eigenvalue weighted by molar-refractivity contribution is 5.67. The van der Waals surface area contributed by atoms with Crippen LogP contribution in [0.3, 0.4) is 0 Å². The van der Waals surface area contributed by atoms with Crippen molar-refractivity contribution in [2.45, 2.75) is 18.9 Å². The predicted octanol–water partition coefficient (Wildman–Crippen LogP) is 3.04. The lowest BCUT2D eigenvalue weighted by atomic mass is 10.0. The molecule has 0 N–H and O–H groups in total. The van der Waals surface area contributed by atoms with E-state index in [-0.39, 0.29) is 5.82 Å². The molecule has 0 bridgehead atoms. The standard InChI is InChI=1S/C23H25FN6O/c24-19-13-18(15-26-16-19)21-14-22(28-23(27-21)17-1-5-25-6-2-17)30-7-3-20(4-8-30)29-9-11-31-12-10-29/h1-2,5-6,13-16,20H,3-4,7-12H2. The van der Waals surface area contributed by atoms with Gasteiger partial charge in [-0.15, -0.1) is 0 Å². The second-order valence-electron chi connectivity index (χ2n) is 7.93. The molecule has 2 aliphatic heterocycles. The molecule has 0 amide bonds. The minimum Gasteiger partial charge on any atom is -0.379 e. The molecule has 7 nitrogen and oxygen atoms in total. The van der Waals surface area contributed by atoms with Gasteiger partial charge in [0.05, 0.1) is 25.1 Å². The molecular weight excluding hydrogens is 395 g/mol. The van der Waals surface area contributed by atoms with E-state index in [0.717, 1.165) is 63.6 Å². The molecule has 2 fully saturated rings. The lowest BCUT2D eigenvalue weighted by Gasteiger charge is -2.40. The second kappa shape index (κ2) is 9.03. The van der Waals surface area contributed by atoms with Crippen LogP contribution < -0.4 is 4.90 Å². The van der Waals surface area contributed by atoms with E-state index in [4.69, 9.17) is 14.7 Å². The zero-order valence-corrected chi connectivity index (χ0v) is 17.3. The van der Waals surface area contributed by atoms with Crippen molar-refractivity contribution in [3.63, 3.8) is 0 Å². The SMILES string of the molecule is Fc1cncc(-c2cc(N3CCC(N4CCOCC4)CC3)nc(-c3ccncc3)n2)c1. The lowest BCUT2D eigenvalue weighted by molar-refractivity contribution is 0.0115. The summed E-state index contributed by atoms with van der Waals surface area (Å²) in [5, 5.41) is 0. The van der Waals surface area contributed by atoms with E-state index in [9.17, 15) is 4.39 Å². The fourth-order valence-corrected chi connectivity index (χ4v) is 4.33. The Bertz CT molecular complexity index is 1020. The Hall–Kier alpha value is -2.97. The summed E-state index contributed by atoms with van der Waals surface area (Å²) in [4.78, 5) is 22.5. The summed E-state index contributed by atoms with van der Waals surface area (Å²) in [6.07, 6.45) is 8.46. The largest absolute Gasteiger partial charge is 0.379 e. The monoisotopic (exact) mass is 420 g/mol. The highest BCUT2D eigenvalue weighted by Gasteiger charge is 2.27. The average Bonchev–Trinajstić information content (AvgIpc) is 2.85. The van der Waals surface area contributed by atoms with Gasteiger partial charge in [0, 0.05) is 68.0 Å². The minimum atomic E-state index is -0.380. The Morgan fingerprint density at radius 1 is 0.871 bits per heavy atom. The molecule has 0 atom stereocenters. The molecule has 3 aromatic rings. The van der Waals surface area contributed by atoms with E-state index < -0.39 is 0 Å². The van der Waals surface area contributed by atoms with E-state index >= 15 is 0 Å². The zero-order valence-electron chi connectivity index (χ0n) is 17.3. The zero-order chi connectivity index (χ0) is 21.0. The summed E-state index contributed by atoms with van der Waals surface area (Å²) in [5.74, 6) is 1.09. The maximum Gasteiger partial charge on any atom is 0.162 e. The first kappa shape index (κ1) is 20.0. The third kappa shape index (κ3) is 4.55. The highest BCUT2D eigenvalue weighted by atomic mass is 19.1. The maximum atomic E-state index is 13.8. The second-order valence-corrected chi connectivity index (χ2v) is 7.93. The molecule has 0 aliphatic carbocycles. The number of hydrogen-bond acceptors (Lipinski definition) is 7. The van der Waals surface area contributed by atoms with Gasteiger partial charge in [0.15, 0.2) is 5.82 Å². The minimum absolute atomic E-state index is 0.380. The molecule has 0 spiro atoms. The number of rotatable bonds is 4. The Labute approximate surface area is 180 Å². The maximum absolute atomic E-state index is 13.8. The van der Waals surface area contributed by atoms with Crippen molar-refractivity contribution in [2.24, 2.45) is 0 Å². The quantitative estimate of drug-likeness (QED) is 0.643. The average molecular weight is 420 g/mol. The van der Waals surface area contributed by atoms with Gasteiger partial charge in [0.2, 0.25) is 0 Å². The van der Waals surface area contributed by atoms with Crippen molar-refractivity contribution < 1.29 is 9.13 Å². The topological polar surface area (TPSA) is 67.3 Å². The fraction of sp³-hybridized carbons (Fsp3) is 0.391. The molecule has 0 aromatic carbocycles. The van der Waals surface area contributed by atoms with Gasteiger partial charge in [0.1, 0.15) is 11.6 Å². The van der Waals surface area contributed by atoms with Crippen LogP contribution in [0.1, 0.15) is 12.8 Å². The van der Waals surface area contributed by atoms with E-state index in [2.05, 4.69) is 19.8 Å². The predicted molar refractivity (Wildman–Crippen MR) is 116 cm³/mol. The third-order valence-corrected chi connectivity index (χ3v) is 6.00. The van der Waals surface area contributed by atoms with E-state index in [0.29, 0.717) is 23.1 Å². The third-order valence-electron chi connectivity index (χ3n) is 6.00. The number of nitrogens with zero attached hydrogens (tertiary/aromatic N) is 6. The van der Waals surface area contributed by atoms with Crippen molar-refractivity contribution >= 4 is 5.82 Å². The van der Waals surface area contributed by atoms with Gasteiger partial charge in [0.25, 0.3) is 0 Å². The van der Waals surface area contributed by atoms with Gasteiger partial charge in [-0.05, 0) is 31.0 Å². The molecule has 8 heteroatoms. The van der Waals surface area contributed by atoms with Crippen LogP contribution in [-0.4, -0.2) is 70.3 Å². The van der Waals surface area contributed by atoms with Crippen LogP contribution in [0.5, 0.6) is 0 Å². The summed E-state index contributed by atoms with van der Waals surface area (Å²) in [6.45, 7) is 5.53. The van der Waals surface area contributed by atoms with Crippen LogP contribution in [-0.2, 0) is 4.74 Å². The number of morpholine rings is 1. The Morgan fingerprint density at radius 3 is 2.39 bits per heavy atom. The lowest BCUT2D eigenvalue weighted by Crippen LogP contribution is -2.49. The Balaban J connectivity index is 1.43. The van der Waals surface area contributed by atoms with Gasteiger partial charge in [-0.1, -0.05) is 0 Å². The molecule has 2 aliphatic rings. The van der Waals surface area contributed by atoms with Crippen molar-refractivity contribution in [1.82, 2.24) is 24.8 Å². The summed E-state index contributed by atoms with van der Waals surface area (Å²) >= 11 is 0. The molecule has 0 radical (unpaired) electrons. The number of ether oxygens (including phenoxy) is 1. The van der Waals surface area contributed by atoms with E-state index in [1.165, 1.54) is 12.3 Å². The number of pyridine rings is 2. The molecule has 5 rings (SSSR count). The first-order chi connectivity index (χ1) is 15.3. The van der Waals surface area contributed by atoms with Gasteiger partial charge in [-0.2, -0.15) is 0 Å². The summed E-state index contributed by atoms with van der Waals surface area (Å²) in [7, 11) is 0. The molecular formula is C23H25FN6O. The Kier molecular flexibility index (Phi) is 5.82. The number of halogens is 1. The summed E-state index contributed by atoms with van der Waals surface area (Å²) < 4.78 is 19.3. The first-order valence-corrected chi connectivity index (χ1v) is 10.7. The smallest absolute Gasteiger partial charge is 0.162 e. The number of aromatic nitrogens is 4. The Morgan fingerprint density at radius 2 is 1.65 bits per heavy atom. The highest BCUT2D eigenvalue weighted by Crippen LogP contribution is 2.28. The van der Waals surface area contributed by atoms with Gasteiger partial charge in [-0.25, -0.2) is 14.4 Å².